The molecule has 0 saturated heterocycles. The highest BCUT2D eigenvalue weighted by Gasteiger charge is 2.26. The summed E-state index contributed by atoms with van der Waals surface area (Å²) in [5.41, 5.74) is 1.87. The van der Waals surface area contributed by atoms with Crippen LogP contribution in [-0.4, -0.2) is 23.8 Å². The van der Waals surface area contributed by atoms with E-state index in [-0.39, 0.29) is 23.5 Å². The summed E-state index contributed by atoms with van der Waals surface area (Å²) >= 11 is 7.31. The molecule has 0 radical (unpaired) electrons. The van der Waals surface area contributed by atoms with Gasteiger partial charge in [0.15, 0.2) is 4.80 Å². The predicted molar refractivity (Wildman–Crippen MR) is 140 cm³/mol. The fraction of sp³-hybridized carbons (Fsp3) is 0.231. The number of rotatable bonds is 7. The zero-order chi connectivity index (χ0) is 25.3. The molecule has 0 N–H and O–H groups in total. The monoisotopic (exact) mass is 541 g/mol. The number of sulfonamides is 1. The number of nitrogens with zero attached hydrogens (tertiary/aromatic N) is 3. The van der Waals surface area contributed by atoms with Crippen molar-refractivity contribution in [3.05, 3.63) is 108 Å². The van der Waals surface area contributed by atoms with Gasteiger partial charge in [0.25, 0.3) is 5.56 Å². The molecule has 5 rings (SSSR count). The van der Waals surface area contributed by atoms with Crippen molar-refractivity contribution < 1.29 is 12.8 Å². The Morgan fingerprint density at radius 3 is 2.56 bits per heavy atom. The lowest BCUT2D eigenvalue weighted by Crippen LogP contribution is -2.33. The SMILES string of the molecule is Cc1ccc(CN(Cc2ccc(/C=c3\sc4n(c3=O)CCCN=4)o2)S(=O)(=O)c2ccc(Cl)cc2)cc1. The van der Waals surface area contributed by atoms with E-state index in [2.05, 4.69) is 4.99 Å². The fourth-order valence-electron chi connectivity index (χ4n) is 3.97. The Morgan fingerprint density at radius 1 is 1.08 bits per heavy atom. The van der Waals surface area contributed by atoms with E-state index >= 15 is 0 Å². The molecule has 0 atom stereocenters. The van der Waals surface area contributed by atoms with Crippen LogP contribution in [0.1, 0.15) is 29.1 Å². The maximum Gasteiger partial charge on any atom is 0.270 e. The Kier molecular flexibility index (Phi) is 6.98. The second-order valence-electron chi connectivity index (χ2n) is 8.60. The van der Waals surface area contributed by atoms with Crippen LogP contribution in [0.15, 0.2) is 79.8 Å². The number of furan rings is 1. The molecule has 2 aromatic heterocycles. The maximum absolute atomic E-state index is 13.6. The second-order valence-corrected chi connectivity index (χ2v) is 12.0. The molecule has 0 bridgehead atoms. The zero-order valence-electron chi connectivity index (χ0n) is 19.6. The molecular weight excluding hydrogens is 518 g/mol. The number of benzene rings is 2. The predicted octanol–water partition coefficient (Wildman–Crippen LogP) is 3.71. The maximum atomic E-state index is 13.6. The lowest BCUT2D eigenvalue weighted by molar-refractivity contribution is 0.357. The third-order valence-corrected chi connectivity index (χ3v) is 9.00. The van der Waals surface area contributed by atoms with E-state index in [0.717, 1.165) is 28.9 Å². The first kappa shape index (κ1) is 24.7. The van der Waals surface area contributed by atoms with Crippen molar-refractivity contribution in [3.63, 3.8) is 0 Å². The Bertz CT molecular complexity index is 1670. The van der Waals surface area contributed by atoms with E-state index in [4.69, 9.17) is 16.0 Å². The van der Waals surface area contributed by atoms with E-state index in [1.165, 1.54) is 27.8 Å². The van der Waals surface area contributed by atoms with Gasteiger partial charge >= 0.3 is 0 Å². The smallest absolute Gasteiger partial charge is 0.270 e. The standard InChI is InChI=1S/C26H24ClN3O4S2/c1-18-3-5-19(6-4-18)16-29(36(32,33)23-11-7-20(27)8-12-23)17-22-10-9-21(34-22)15-24-25(31)30-14-2-13-28-26(30)35-24/h3-12,15H,2,13-14,16-17H2,1H3/b24-15-. The molecule has 4 aromatic rings. The third-order valence-electron chi connectivity index (χ3n) is 5.89. The summed E-state index contributed by atoms with van der Waals surface area (Å²) in [6, 6.07) is 17.3. The average Bonchev–Trinajstić information content (AvgIpc) is 3.44. The second kappa shape index (κ2) is 10.2. The number of hydrogen-bond acceptors (Lipinski definition) is 6. The molecule has 0 amide bonds. The summed E-state index contributed by atoms with van der Waals surface area (Å²) in [4.78, 5) is 18.0. The number of halogens is 1. The van der Waals surface area contributed by atoms with Crippen molar-refractivity contribution in [1.29, 1.82) is 0 Å². The van der Waals surface area contributed by atoms with E-state index < -0.39 is 10.0 Å². The molecule has 0 unspecified atom stereocenters. The normalized spacial score (nSPS) is 14.1. The summed E-state index contributed by atoms with van der Waals surface area (Å²) < 4.78 is 36.7. The number of fused-ring (bicyclic) bond motifs is 1. The lowest BCUT2D eigenvalue weighted by atomic mass is 10.1. The van der Waals surface area contributed by atoms with Gasteiger partial charge in [-0.3, -0.25) is 14.4 Å². The number of aromatic nitrogens is 1. The highest BCUT2D eigenvalue weighted by molar-refractivity contribution is 7.89. The largest absolute Gasteiger partial charge is 0.460 e. The van der Waals surface area contributed by atoms with E-state index in [1.807, 2.05) is 31.2 Å². The molecule has 36 heavy (non-hydrogen) atoms. The summed E-state index contributed by atoms with van der Waals surface area (Å²) in [5, 5.41) is 0.462. The van der Waals surface area contributed by atoms with Crippen LogP contribution in [0, 0.1) is 6.92 Å². The Morgan fingerprint density at radius 2 is 1.83 bits per heavy atom. The molecule has 0 aliphatic carbocycles. The van der Waals surface area contributed by atoms with Crippen molar-refractivity contribution in [3.8, 4) is 0 Å². The van der Waals surface area contributed by atoms with Gasteiger partial charge in [0.1, 0.15) is 11.5 Å². The molecule has 186 valence electrons. The van der Waals surface area contributed by atoms with Gasteiger partial charge in [0, 0.05) is 30.7 Å². The van der Waals surface area contributed by atoms with Crippen molar-refractivity contribution in [2.24, 2.45) is 4.99 Å². The summed E-state index contributed by atoms with van der Waals surface area (Å²) in [6.45, 7) is 3.58. The summed E-state index contributed by atoms with van der Waals surface area (Å²) in [6.07, 6.45) is 2.54. The van der Waals surface area contributed by atoms with Crippen LogP contribution in [0.4, 0.5) is 0 Å². The minimum absolute atomic E-state index is 0.0297. The number of thiazole rings is 1. The van der Waals surface area contributed by atoms with Crippen LogP contribution < -0.4 is 14.9 Å². The molecule has 0 spiro atoms. The van der Waals surface area contributed by atoms with Crippen LogP contribution in [0.2, 0.25) is 5.02 Å². The highest BCUT2D eigenvalue weighted by Crippen LogP contribution is 2.24. The topological polar surface area (TPSA) is 84.9 Å². The van der Waals surface area contributed by atoms with Gasteiger partial charge in [0.05, 0.1) is 16.0 Å². The molecule has 0 saturated carbocycles. The van der Waals surface area contributed by atoms with Gasteiger partial charge < -0.3 is 4.42 Å². The van der Waals surface area contributed by atoms with Gasteiger partial charge in [-0.15, -0.1) is 0 Å². The minimum atomic E-state index is -3.84. The Balaban J connectivity index is 1.46. The van der Waals surface area contributed by atoms with Gasteiger partial charge in [-0.1, -0.05) is 52.8 Å². The molecule has 0 fully saturated rings. The zero-order valence-corrected chi connectivity index (χ0v) is 21.9. The van der Waals surface area contributed by atoms with Crippen LogP contribution in [0.5, 0.6) is 0 Å². The number of aryl methyl sites for hydroxylation is 1. The summed E-state index contributed by atoms with van der Waals surface area (Å²) in [5.74, 6) is 0.956. The van der Waals surface area contributed by atoms with Crippen molar-refractivity contribution in [2.75, 3.05) is 6.54 Å². The average molecular weight is 542 g/mol. The first-order valence-electron chi connectivity index (χ1n) is 11.5. The molecule has 10 heteroatoms. The molecule has 3 heterocycles. The van der Waals surface area contributed by atoms with E-state index in [9.17, 15) is 13.2 Å². The first-order chi connectivity index (χ1) is 17.3. The van der Waals surface area contributed by atoms with Crippen LogP contribution >= 0.6 is 22.9 Å². The van der Waals surface area contributed by atoms with Crippen molar-refractivity contribution in [1.82, 2.24) is 8.87 Å². The lowest BCUT2D eigenvalue weighted by Gasteiger charge is -2.21. The van der Waals surface area contributed by atoms with Gasteiger partial charge in [-0.25, -0.2) is 8.42 Å². The molecule has 1 aliphatic rings. The quantitative estimate of drug-likeness (QED) is 0.357. The van der Waals surface area contributed by atoms with Gasteiger partial charge in [-0.05, 0) is 55.3 Å². The van der Waals surface area contributed by atoms with Crippen LogP contribution in [0.3, 0.4) is 0 Å². The minimum Gasteiger partial charge on any atom is -0.460 e. The Hall–Kier alpha value is -2.98. The van der Waals surface area contributed by atoms with E-state index in [1.54, 1.807) is 34.9 Å². The van der Waals surface area contributed by atoms with E-state index in [0.29, 0.717) is 27.6 Å². The molecule has 7 nitrogen and oxygen atoms in total. The first-order valence-corrected chi connectivity index (χ1v) is 14.1. The highest BCUT2D eigenvalue weighted by atomic mass is 35.5. The fourth-order valence-corrected chi connectivity index (χ4v) is 6.50. The summed E-state index contributed by atoms with van der Waals surface area (Å²) in [7, 11) is -3.84. The third kappa shape index (κ3) is 5.24. The van der Waals surface area contributed by atoms with Gasteiger partial charge in [-0.2, -0.15) is 4.31 Å². The van der Waals surface area contributed by atoms with Crippen molar-refractivity contribution in [2.45, 2.75) is 37.9 Å². The van der Waals surface area contributed by atoms with Crippen LogP contribution in [-0.2, 0) is 29.7 Å². The van der Waals surface area contributed by atoms with Crippen LogP contribution in [0.25, 0.3) is 6.08 Å². The van der Waals surface area contributed by atoms with Gasteiger partial charge in [0.2, 0.25) is 10.0 Å². The molecule has 2 aromatic carbocycles. The molecule has 1 aliphatic heterocycles. The molecular formula is C26H24ClN3O4S2. The van der Waals surface area contributed by atoms with Crippen molar-refractivity contribution >= 4 is 39.0 Å². The number of hydrogen-bond donors (Lipinski definition) is 0. The Labute approximate surface area is 217 Å².